The lowest BCUT2D eigenvalue weighted by Gasteiger charge is -2.27. The number of carbonyl (C=O) groups is 4. The molecule has 0 radical (unpaired) electrons. The largest absolute Gasteiger partial charge is 0.467 e. The van der Waals surface area contributed by atoms with Crippen LogP contribution in [0.25, 0.3) is 0 Å². The van der Waals surface area contributed by atoms with Crippen molar-refractivity contribution < 1.29 is 23.9 Å². The molecular weight excluding hydrogens is 344 g/mol. The fraction of sp³-hybridized carbons (Fsp3) is 0.412. The van der Waals surface area contributed by atoms with Gasteiger partial charge in [-0.2, -0.15) is 11.8 Å². The molecule has 7 nitrogen and oxygen atoms in total. The molecule has 0 bridgehead atoms. The van der Waals surface area contributed by atoms with Crippen LogP contribution < -0.4 is 5.32 Å². The molecule has 0 aromatic heterocycles. The molecular formula is C17H20N2O5S. The first-order chi connectivity index (χ1) is 12.0. The molecule has 0 saturated carbocycles. The summed E-state index contributed by atoms with van der Waals surface area (Å²) in [4.78, 5) is 49.5. The number of ether oxygens (including phenoxy) is 1. The highest BCUT2D eigenvalue weighted by atomic mass is 32.2. The standard InChI is InChI=1S/C17H20N2O5S/c1-24-17(23)13(7-8-25-2)18-14(20)10-19-15(21)9-11-5-3-4-6-12(11)16(19)22/h3-6,13H,7-10H2,1-2H3,(H,18,20)/t13-/m0/s1. The van der Waals surface area contributed by atoms with Crippen LogP contribution in [0, 0.1) is 0 Å². The number of carbonyl (C=O) groups excluding carboxylic acids is 4. The molecule has 0 saturated heterocycles. The van der Waals surface area contributed by atoms with E-state index < -0.39 is 36.3 Å². The summed E-state index contributed by atoms with van der Waals surface area (Å²) in [6.45, 7) is -0.418. The monoisotopic (exact) mass is 364 g/mol. The maximum absolute atomic E-state index is 12.4. The van der Waals surface area contributed by atoms with Gasteiger partial charge in [0.1, 0.15) is 12.6 Å². The Morgan fingerprint density at radius 2 is 2.04 bits per heavy atom. The molecule has 1 N–H and O–H groups in total. The number of hydrogen-bond acceptors (Lipinski definition) is 6. The number of amides is 3. The third-order valence-corrected chi connectivity index (χ3v) is 4.51. The Hall–Kier alpha value is -2.35. The van der Waals surface area contributed by atoms with E-state index in [2.05, 4.69) is 10.1 Å². The van der Waals surface area contributed by atoms with E-state index in [4.69, 9.17) is 0 Å². The maximum atomic E-state index is 12.4. The predicted octanol–water partition coefficient (Wildman–Crippen LogP) is 0.622. The van der Waals surface area contributed by atoms with E-state index in [1.54, 1.807) is 24.3 Å². The highest BCUT2D eigenvalue weighted by molar-refractivity contribution is 7.98. The lowest BCUT2D eigenvalue weighted by Crippen LogP contribution is -2.50. The predicted molar refractivity (Wildman–Crippen MR) is 93.1 cm³/mol. The van der Waals surface area contributed by atoms with E-state index in [1.807, 2.05) is 6.26 Å². The molecule has 1 aliphatic rings. The van der Waals surface area contributed by atoms with Crippen molar-refractivity contribution in [3.63, 3.8) is 0 Å². The first kappa shape index (κ1) is 19.0. The average Bonchev–Trinajstić information content (AvgIpc) is 2.61. The Bertz CT molecular complexity index is 691. The third kappa shape index (κ3) is 4.60. The number of nitrogens with zero attached hydrogens (tertiary/aromatic N) is 1. The number of hydrogen-bond donors (Lipinski definition) is 1. The SMILES string of the molecule is COC(=O)[C@H](CCSC)NC(=O)CN1C(=O)Cc2ccccc2C1=O. The Kier molecular flexibility index (Phi) is 6.58. The minimum Gasteiger partial charge on any atom is -0.467 e. The van der Waals surface area contributed by atoms with E-state index in [-0.39, 0.29) is 6.42 Å². The summed E-state index contributed by atoms with van der Waals surface area (Å²) < 4.78 is 4.68. The van der Waals surface area contributed by atoms with E-state index in [0.29, 0.717) is 23.3 Å². The molecule has 0 unspecified atom stereocenters. The van der Waals surface area contributed by atoms with Gasteiger partial charge in [-0.1, -0.05) is 18.2 Å². The van der Waals surface area contributed by atoms with E-state index in [1.165, 1.54) is 18.9 Å². The molecule has 2 rings (SSSR count). The van der Waals surface area contributed by atoms with Crippen molar-refractivity contribution in [2.45, 2.75) is 18.9 Å². The normalized spacial score (nSPS) is 14.7. The van der Waals surface area contributed by atoms with Crippen molar-refractivity contribution in [2.75, 3.05) is 25.7 Å². The zero-order valence-electron chi connectivity index (χ0n) is 14.1. The van der Waals surface area contributed by atoms with Crippen LogP contribution >= 0.6 is 11.8 Å². The molecule has 25 heavy (non-hydrogen) atoms. The lowest BCUT2D eigenvalue weighted by molar-refractivity contribution is -0.145. The molecule has 0 aliphatic carbocycles. The molecule has 1 aromatic rings. The quantitative estimate of drug-likeness (QED) is 0.563. The fourth-order valence-electron chi connectivity index (χ4n) is 2.57. The number of esters is 1. The molecule has 0 fully saturated rings. The molecule has 1 heterocycles. The molecule has 1 aromatic carbocycles. The minimum absolute atomic E-state index is 0.0715. The van der Waals surface area contributed by atoms with Gasteiger partial charge in [-0.15, -0.1) is 0 Å². The van der Waals surface area contributed by atoms with Crippen molar-refractivity contribution in [3.05, 3.63) is 35.4 Å². The number of benzene rings is 1. The van der Waals surface area contributed by atoms with E-state index in [0.717, 1.165) is 4.90 Å². The summed E-state index contributed by atoms with van der Waals surface area (Å²) in [6, 6.07) is 6.02. The van der Waals surface area contributed by atoms with Crippen LogP contribution in [0.2, 0.25) is 0 Å². The first-order valence-electron chi connectivity index (χ1n) is 7.76. The zero-order chi connectivity index (χ0) is 18.4. The van der Waals surface area contributed by atoms with Crippen molar-refractivity contribution >= 4 is 35.5 Å². The van der Waals surface area contributed by atoms with Crippen molar-refractivity contribution in [3.8, 4) is 0 Å². The molecule has 1 atom stereocenters. The van der Waals surface area contributed by atoms with Gasteiger partial charge in [0.15, 0.2) is 0 Å². The van der Waals surface area contributed by atoms with Gasteiger partial charge in [-0.25, -0.2) is 4.79 Å². The minimum atomic E-state index is -0.799. The highest BCUT2D eigenvalue weighted by Gasteiger charge is 2.32. The van der Waals surface area contributed by atoms with Crippen LogP contribution in [-0.4, -0.2) is 60.3 Å². The number of imide groups is 1. The summed E-state index contributed by atoms with van der Waals surface area (Å²) in [6.07, 6.45) is 2.37. The first-order valence-corrected chi connectivity index (χ1v) is 9.16. The molecule has 0 spiro atoms. The molecule has 3 amide bonds. The lowest BCUT2D eigenvalue weighted by atomic mass is 9.98. The molecule has 1 aliphatic heterocycles. The summed E-state index contributed by atoms with van der Waals surface area (Å²) in [7, 11) is 1.25. The van der Waals surface area contributed by atoms with Crippen LogP contribution in [-0.2, 0) is 25.5 Å². The van der Waals surface area contributed by atoms with Gasteiger partial charge in [0.25, 0.3) is 5.91 Å². The smallest absolute Gasteiger partial charge is 0.328 e. The van der Waals surface area contributed by atoms with E-state index in [9.17, 15) is 19.2 Å². The second-order valence-electron chi connectivity index (χ2n) is 5.54. The average molecular weight is 364 g/mol. The second-order valence-corrected chi connectivity index (χ2v) is 6.53. The third-order valence-electron chi connectivity index (χ3n) is 3.87. The van der Waals surface area contributed by atoms with Crippen molar-refractivity contribution in [1.82, 2.24) is 10.2 Å². The van der Waals surface area contributed by atoms with Gasteiger partial charge in [-0.3, -0.25) is 19.3 Å². The Morgan fingerprint density at radius 3 is 2.72 bits per heavy atom. The van der Waals surface area contributed by atoms with Gasteiger partial charge in [0.05, 0.1) is 13.5 Å². The topological polar surface area (TPSA) is 92.8 Å². The summed E-state index contributed by atoms with van der Waals surface area (Å²) >= 11 is 1.54. The van der Waals surface area contributed by atoms with E-state index >= 15 is 0 Å². The highest BCUT2D eigenvalue weighted by Crippen LogP contribution is 2.19. The van der Waals surface area contributed by atoms with Crippen LogP contribution in [0.4, 0.5) is 0 Å². The zero-order valence-corrected chi connectivity index (χ0v) is 14.9. The Labute approximate surface area is 150 Å². The molecule has 134 valence electrons. The summed E-state index contributed by atoms with van der Waals surface area (Å²) in [5.41, 5.74) is 1.07. The number of thioether (sulfide) groups is 1. The van der Waals surface area contributed by atoms with Gasteiger partial charge in [0.2, 0.25) is 11.8 Å². The van der Waals surface area contributed by atoms with Crippen LogP contribution in [0.5, 0.6) is 0 Å². The van der Waals surface area contributed by atoms with Gasteiger partial charge in [-0.05, 0) is 30.1 Å². The second kappa shape index (κ2) is 8.66. The summed E-state index contributed by atoms with van der Waals surface area (Å²) in [5.74, 6) is -1.39. The Balaban J connectivity index is 2.05. The number of fused-ring (bicyclic) bond motifs is 1. The number of methoxy groups -OCH3 is 1. The number of rotatable bonds is 7. The van der Waals surface area contributed by atoms with Gasteiger partial charge in [0, 0.05) is 5.56 Å². The van der Waals surface area contributed by atoms with Gasteiger partial charge < -0.3 is 10.1 Å². The molecule has 8 heteroatoms. The van der Waals surface area contributed by atoms with Crippen LogP contribution in [0.15, 0.2) is 24.3 Å². The van der Waals surface area contributed by atoms with Crippen LogP contribution in [0.1, 0.15) is 22.3 Å². The van der Waals surface area contributed by atoms with Crippen LogP contribution in [0.3, 0.4) is 0 Å². The van der Waals surface area contributed by atoms with Crippen molar-refractivity contribution in [1.29, 1.82) is 0 Å². The number of nitrogens with one attached hydrogen (secondary N) is 1. The fourth-order valence-corrected chi connectivity index (χ4v) is 3.04. The van der Waals surface area contributed by atoms with Crippen molar-refractivity contribution in [2.24, 2.45) is 0 Å². The summed E-state index contributed by atoms with van der Waals surface area (Å²) in [5, 5.41) is 2.54. The van der Waals surface area contributed by atoms with Gasteiger partial charge >= 0.3 is 5.97 Å². The Morgan fingerprint density at radius 1 is 1.32 bits per heavy atom. The maximum Gasteiger partial charge on any atom is 0.328 e.